The van der Waals surface area contributed by atoms with Gasteiger partial charge in [0.15, 0.2) is 11.5 Å². The van der Waals surface area contributed by atoms with Crippen LogP contribution in [0.3, 0.4) is 0 Å². The second-order valence-corrected chi connectivity index (χ2v) is 7.10. The lowest BCUT2D eigenvalue weighted by molar-refractivity contribution is -0.146. The van der Waals surface area contributed by atoms with Gasteiger partial charge < -0.3 is 24.8 Å². The van der Waals surface area contributed by atoms with Crippen LogP contribution in [-0.4, -0.2) is 60.6 Å². The van der Waals surface area contributed by atoms with Gasteiger partial charge in [-0.3, -0.25) is 9.59 Å². The summed E-state index contributed by atoms with van der Waals surface area (Å²) in [5.41, 5.74) is -0.381. The van der Waals surface area contributed by atoms with Gasteiger partial charge in [0.2, 0.25) is 11.8 Å². The summed E-state index contributed by atoms with van der Waals surface area (Å²) >= 11 is 0. The van der Waals surface area contributed by atoms with Gasteiger partial charge in [-0.2, -0.15) is 0 Å². The third-order valence-corrected chi connectivity index (χ3v) is 4.67. The number of rotatable bonds is 8. The molecule has 0 aliphatic carbocycles. The molecule has 1 aromatic carbocycles. The molecule has 1 unspecified atom stereocenters. The summed E-state index contributed by atoms with van der Waals surface area (Å²) in [6.45, 7) is 3.59. The minimum Gasteiger partial charge on any atom is -0.493 e. The quantitative estimate of drug-likeness (QED) is 0.701. The number of carbonyl (C=O) groups is 3. The second-order valence-electron chi connectivity index (χ2n) is 7.10. The molecule has 1 saturated heterocycles. The van der Waals surface area contributed by atoms with E-state index in [2.05, 4.69) is 5.32 Å². The standard InChI is InChI=1S/C19H26N2O6/c1-19(2,18(24)25)20-17(23)13-10-16(22)21(11-13)8-7-12-5-6-14(26-3)15(9-12)27-4/h5-6,9,13H,7-8,10-11H2,1-4H3,(H,20,23)(H,24,25). The molecule has 8 heteroatoms. The van der Waals surface area contributed by atoms with Crippen LogP contribution in [-0.2, 0) is 20.8 Å². The number of carboxylic acid groups (broad SMARTS) is 1. The molecule has 2 amide bonds. The molecular weight excluding hydrogens is 352 g/mol. The average molecular weight is 378 g/mol. The summed E-state index contributed by atoms with van der Waals surface area (Å²) in [7, 11) is 3.13. The highest BCUT2D eigenvalue weighted by Crippen LogP contribution is 2.28. The first kappa shape index (κ1) is 20.5. The SMILES string of the molecule is COc1ccc(CCN2CC(C(=O)NC(C)(C)C(=O)O)CC2=O)cc1OC. The Hall–Kier alpha value is -2.77. The molecule has 1 aliphatic rings. The van der Waals surface area contributed by atoms with Crippen molar-refractivity contribution in [1.29, 1.82) is 0 Å². The van der Waals surface area contributed by atoms with E-state index in [1.54, 1.807) is 19.1 Å². The maximum absolute atomic E-state index is 12.3. The molecule has 1 heterocycles. The number of nitrogens with zero attached hydrogens (tertiary/aromatic N) is 1. The number of carboxylic acids is 1. The third kappa shape index (κ3) is 4.90. The molecule has 0 saturated carbocycles. The lowest BCUT2D eigenvalue weighted by atomic mass is 10.0. The third-order valence-electron chi connectivity index (χ3n) is 4.67. The smallest absolute Gasteiger partial charge is 0.328 e. The second kappa shape index (κ2) is 8.28. The van der Waals surface area contributed by atoms with Gasteiger partial charge in [0.05, 0.1) is 20.1 Å². The van der Waals surface area contributed by atoms with Gasteiger partial charge in [0.1, 0.15) is 5.54 Å². The van der Waals surface area contributed by atoms with Crippen LogP contribution in [0.1, 0.15) is 25.8 Å². The fraction of sp³-hybridized carbons (Fsp3) is 0.526. The Morgan fingerprint density at radius 3 is 2.52 bits per heavy atom. The molecule has 0 radical (unpaired) electrons. The van der Waals surface area contributed by atoms with E-state index in [-0.39, 0.29) is 18.9 Å². The predicted octanol–water partition coefficient (Wildman–Crippen LogP) is 1.07. The maximum Gasteiger partial charge on any atom is 0.328 e. The fourth-order valence-corrected chi connectivity index (χ4v) is 2.93. The Labute approximate surface area is 158 Å². The number of hydrogen-bond donors (Lipinski definition) is 2. The van der Waals surface area contributed by atoms with Crippen LogP contribution < -0.4 is 14.8 Å². The van der Waals surface area contributed by atoms with E-state index >= 15 is 0 Å². The summed E-state index contributed by atoms with van der Waals surface area (Å²) in [5, 5.41) is 11.6. The molecule has 148 valence electrons. The number of nitrogens with one attached hydrogen (secondary N) is 1. The zero-order valence-corrected chi connectivity index (χ0v) is 16.1. The zero-order valence-electron chi connectivity index (χ0n) is 16.1. The Balaban J connectivity index is 1.94. The number of likely N-dealkylation sites (tertiary alicyclic amines) is 1. The van der Waals surface area contributed by atoms with Crippen molar-refractivity contribution in [2.45, 2.75) is 32.2 Å². The first-order chi connectivity index (χ1) is 12.7. The van der Waals surface area contributed by atoms with E-state index in [1.807, 2.05) is 18.2 Å². The number of methoxy groups -OCH3 is 2. The minimum atomic E-state index is -1.37. The molecule has 2 N–H and O–H groups in total. The van der Waals surface area contributed by atoms with Crippen molar-refractivity contribution in [1.82, 2.24) is 10.2 Å². The molecule has 0 bridgehead atoms. The van der Waals surface area contributed by atoms with E-state index in [4.69, 9.17) is 14.6 Å². The topological polar surface area (TPSA) is 105 Å². The Kier molecular flexibility index (Phi) is 6.30. The highest BCUT2D eigenvalue weighted by Gasteiger charge is 2.37. The van der Waals surface area contributed by atoms with E-state index in [9.17, 15) is 14.4 Å². The number of aliphatic carboxylic acids is 1. The number of carbonyl (C=O) groups excluding carboxylic acids is 2. The van der Waals surface area contributed by atoms with Gasteiger partial charge >= 0.3 is 5.97 Å². The van der Waals surface area contributed by atoms with Crippen molar-refractivity contribution in [3.8, 4) is 11.5 Å². The van der Waals surface area contributed by atoms with Crippen molar-refractivity contribution in [3.05, 3.63) is 23.8 Å². The summed E-state index contributed by atoms with van der Waals surface area (Å²) in [6.07, 6.45) is 0.703. The summed E-state index contributed by atoms with van der Waals surface area (Å²) in [6, 6.07) is 5.57. The highest BCUT2D eigenvalue weighted by atomic mass is 16.5. The van der Waals surface area contributed by atoms with Crippen molar-refractivity contribution < 1.29 is 29.0 Å². The van der Waals surface area contributed by atoms with Crippen LogP contribution in [0.5, 0.6) is 11.5 Å². The molecule has 0 aromatic heterocycles. The first-order valence-corrected chi connectivity index (χ1v) is 8.72. The van der Waals surface area contributed by atoms with Crippen LogP contribution in [0.2, 0.25) is 0 Å². The summed E-state index contributed by atoms with van der Waals surface area (Å²) in [5.74, 6) is -0.924. The average Bonchev–Trinajstić information content (AvgIpc) is 3.00. The molecule has 8 nitrogen and oxygen atoms in total. The summed E-state index contributed by atoms with van der Waals surface area (Å²) in [4.78, 5) is 37.3. The van der Waals surface area contributed by atoms with Crippen LogP contribution >= 0.6 is 0 Å². The van der Waals surface area contributed by atoms with Gasteiger partial charge in [0.25, 0.3) is 0 Å². The number of hydrogen-bond acceptors (Lipinski definition) is 5. The summed E-state index contributed by atoms with van der Waals surface area (Å²) < 4.78 is 10.5. The lowest BCUT2D eigenvalue weighted by Crippen LogP contribution is -2.51. The van der Waals surface area contributed by atoms with Gasteiger partial charge in [-0.05, 0) is 38.0 Å². The molecule has 2 rings (SSSR count). The Morgan fingerprint density at radius 1 is 1.26 bits per heavy atom. The van der Waals surface area contributed by atoms with Crippen LogP contribution in [0.15, 0.2) is 18.2 Å². The van der Waals surface area contributed by atoms with Crippen molar-refractivity contribution in [2.24, 2.45) is 5.92 Å². The monoisotopic (exact) mass is 378 g/mol. The largest absolute Gasteiger partial charge is 0.493 e. The van der Waals surface area contributed by atoms with Crippen molar-refractivity contribution in [2.75, 3.05) is 27.3 Å². The molecule has 1 aliphatic heterocycles. The Morgan fingerprint density at radius 2 is 1.93 bits per heavy atom. The van der Waals surface area contributed by atoms with Gasteiger partial charge in [0, 0.05) is 19.5 Å². The van der Waals surface area contributed by atoms with Crippen LogP contribution in [0.4, 0.5) is 0 Å². The molecule has 1 atom stereocenters. The van der Waals surface area contributed by atoms with E-state index < -0.39 is 23.3 Å². The Bertz CT molecular complexity index is 731. The normalized spacial score (nSPS) is 17.0. The lowest BCUT2D eigenvalue weighted by Gasteiger charge is -2.23. The van der Waals surface area contributed by atoms with Crippen LogP contribution in [0.25, 0.3) is 0 Å². The van der Waals surface area contributed by atoms with Crippen molar-refractivity contribution in [3.63, 3.8) is 0 Å². The fourth-order valence-electron chi connectivity index (χ4n) is 2.93. The number of benzene rings is 1. The van der Waals surface area contributed by atoms with E-state index in [0.717, 1.165) is 5.56 Å². The van der Waals surface area contributed by atoms with Gasteiger partial charge in [-0.25, -0.2) is 4.79 Å². The molecule has 0 spiro atoms. The van der Waals surface area contributed by atoms with Gasteiger partial charge in [-0.1, -0.05) is 6.07 Å². The maximum atomic E-state index is 12.3. The molecule has 27 heavy (non-hydrogen) atoms. The van der Waals surface area contributed by atoms with E-state index in [0.29, 0.717) is 24.5 Å². The molecule has 1 fully saturated rings. The highest BCUT2D eigenvalue weighted by molar-refractivity contribution is 5.92. The molecule has 1 aromatic rings. The number of amides is 2. The van der Waals surface area contributed by atoms with E-state index in [1.165, 1.54) is 13.8 Å². The van der Waals surface area contributed by atoms with Crippen LogP contribution in [0, 0.1) is 5.92 Å². The molecular formula is C19H26N2O6. The minimum absolute atomic E-state index is 0.0907. The zero-order chi connectivity index (χ0) is 20.2. The predicted molar refractivity (Wildman–Crippen MR) is 97.8 cm³/mol. The number of ether oxygens (including phenoxy) is 2. The first-order valence-electron chi connectivity index (χ1n) is 8.72. The van der Waals surface area contributed by atoms with Gasteiger partial charge in [-0.15, -0.1) is 0 Å². The van der Waals surface area contributed by atoms with Crippen molar-refractivity contribution >= 4 is 17.8 Å².